The fourth-order valence-electron chi connectivity index (χ4n) is 2.24. The number of pyridine rings is 1. The van der Waals surface area contributed by atoms with Crippen molar-refractivity contribution < 1.29 is 9.90 Å². The van der Waals surface area contributed by atoms with Crippen LogP contribution in [0.5, 0.6) is 0 Å². The highest BCUT2D eigenvalue weighted by Crippen LogP contribution is 2.24. The number of nitrogens with zero attached hydrogens (tertiary/aromatic N) is 3. The van der Waals surface area contributed by atoms with E-state index < -0.39 is 5.97 Å². The molecule has 0 amide bonds. The zero-order valence-electron chi connectivity index (χ0n) is 11.5. The smallest absolute Gasteiger partial charge is 0.354 e. The van der Waals surface area contributed by atoms with Crippen molar-refractivity contribution in [1.82, 2.24) is 14.5 Å². The van der Waals surface area contributed by atoms with Gasteiger partial charge in [0.05, 0.1) is 6.54 Å². The molecule has 5 nitrogen and oxygen atoms in total. The third-order valence-electron chi connectivity index (χ3n) is 3.35. The maximum atomic E-state index is 11.1. The lowest BCUT2D eigenvalue weighted by Crippen LogP contribution is -2.06. The van der Waals surface area contributed by atoms with Crippen LogP contribution in [-0.2, 0) is 6.54 Å². The molecule has 0 spiro atoms. The summed E-state index contributed by atoms with van der Waals surface area (Å²) in [7, 11) is 0. The Kier molecular flexibility index (Phi) is 3.76. The second-order valence-corrected chi connectivity index (χ2v) is 5.67. The van der Waals surface area contributed by atoms with Gasteiger partial charge >= 0.3 is 5.97 Å². The van der Waals surface area contributed by atoms with Crippen molar-refractivity contribution in [3.8, 4) is 0 Å². The van der Waals surface area contributed by atoms with Gasteiger partial charge in [-0.25, -0.2) is 14.8 Å². The number of benzene rings is 1. The van der Waals surface area contributed by atoms with E-state index in [4.69, 9.17) is 28.3 Å². The maximum absolute atomic E-state index is 11.1. The summed E-state index contributed by atoms with van der Waals surface area (Å²) in [5.74, 6) is -0.340. The third-order valence-corrected chi connectivity index (χ3v) is 3.93. The number of halogens is 2. The van der Waals surface area contributed by atoms with Crippen LogP contribution in [0.2, 0.25) is 10.0 Å². The quantitative estimate of drug-likeness (QED) is 0.790. The molecule has 1 aromatic carbocycles. The third kappa shape index (κ3) is 2.65. The Labute approximate surface area is 136 Å². The average Bonchev–Trinajstić information content (AvgIpc) is 2.77. The van der Waals surface area contributed by atoms with Crippen molar-refractivity contribution in [3.63, 3.8) is 0 Å². The topological polar surface area (TPSA) is 68.0 Å². The molecule has 0 saturated heterocycles. The number of carbonyl (C=O) groups is 1. The highest BCUT2D eigenvalue weighted by atomic mass is 35.5. The van der Waals surface area contributed by atoms with E-state index in [1.807, 2.05) is 17.6 Å². The van der Waals surface area contributed by atoms with Gasteiger partial charge in [0, 0.05) is 10.0 Å². The van der Waals surface area contributed by atoms with E-state index in [1.54, 1.807) is 18.2 Å². The molecule has 2 heterocycles. The second-order valence-electron chi connectivity index (χ2n) is 4.83. The van der Waals surface area contributed by atoms with Gasteiger partial charge in [0.15, 0.2) is 11.3 Å². The Hall–Kier alpha value is -2.11. The summed E-state index contributed by atoms with van der Waals surface area (Å²) in [6.45, 7) is 2.28. The number of aryl methyl sites for hydroxylation is 1. The summed E-state index contributed by atoms with van der Waals surface area (Å²) >= 11 is 12.1. The number of imidazole rings is 1. The van der Waals surface area contributed by atoms with E-state index >= 15 is 0 Å². The van der Waals surface area contributed by atoms with Crippen molar-refractivity contribution in [2.24, 2.45) is 0 Å². The van der Waals surface area contributed by atoms with Crippen molar-refractivity contribution in [3.05, 3.63) is 57.5 Å². The van der Waals surface area contributed by atoms with Crippen LogP contribution in [-0.4, -0.2) is 25.6 Å². The van der Waals surface area contributed by atoms with Crippen LogP contribution in [0.3, 0.4) is 0 Å². The summed E-state index contributed by atoms with van der Waals surface area (Å²) in [6.07, 6.45) is 0. The van der Waals surface area contributed by atoms with E-state index in [0.29, 0.717) is 27.8 Å². The minimum Gasteiger partial charge on any atom is -0.477 e. The molecule has 0 bridgehead atoms. The summed E-state index contributed by atoms with van der Waals surface area (Å²) in [4.78, 5) is 19.7. The van der Waals surface area contributed by atoms with Gasteiger partial charge in [-0.05, 0) is 36.8 Å². The molecule has 22 heavy (non-hydrogen) atoms. The molecule has 0 aliphatic carbocycles. The summed E-state index contributed by atoms with van der Waals surface area (Å²) in [5, 5.41) is 10.2. The zero-order chi connectivity index (χ0) is 15.9. The SMILES string of the molecule is Cc1nc2ccc(C(=O)O)nc2n1Cc1ccc(Cl)cc1Cl. The summed E-state index contributed by atoms with van der Waals surface area (Å²) in [5.41, 5.74) is 2.00. The molecule has 2 aromatic heterocycles. The number of aromatic nitrogens is 3. The van der Waals surface area contributed by atoms with Gasteiger partial charge in [0.25, 0.3) is 0 Å². The molecule has 3 rings (SSSR count). The van der Waals surface area contributed by atoms with Gasteiger partial charge in [0.1, 0.15) is 11.3 Å². The van der Waals surface area contributed by atoms with Gasteiger partial charge in [-0.2, -0.15) is 0 Å². The second kappa shape index (κ2) is 5.59. The highest BCUT2D eigenvalue weighted by Gasteiger charge is 2.14. The van der Waals surface area contributed by atoms with E-state index in [-0.39, 0.29) is 5.69 Å². The van der Waals surface area contributed by atoms with Crippen LogP contribution in [0.1, 0.15) is 21.9 Å². The molecule has 3 aromatic rings. The molecule has 1 N–H and O–H groups in total. The van der Waals surface area contributed by atoms with Crippen molar-refractivity contribution in [2.75, 3.05) is 0 Å². The Morgan fingerprint density at radius 1 is 1.23 bits per heavy atom. The lowest BCUT2D eigenvalue weighted by molar-refractivity contribution is 0.0691. The number of carboxylic acid groups (broad SMARTS) is 1. The van der Waals surface area contributed by atoms with Gasteiger partial charge < -0.3 is 9.67 Å². The fourth-order valence-corrected chi connectivity index (χ4v) is 2.71. The first-order valence-electron chi connectivity index (χ1n) is 6.47. The van der Waals surface area contributed by atoms with Gasteiger partial charge in [0.2, 0.25) is 0 Å². The molecule has 0 radical (unpaired) electrons. The molecule has 0 aliphatic heterocycles. The average molecular weight is 336 g/mol. The Bertz CT molecular complexity index is 890. The Balaban J connectivity index is 2.11. The predicted molar refractivity (Wildman–Crippen MR) is 84.8 cm³/mol. The summed E-state index contributed by atoms with van der Waals surface area (Å²) < 4.78 is 1.83. The predicted octanol–water partition coefficient (Wildman–Crippen LogP) is 3.79. The molecular weight excluding hydrogens is 325 g/mol. The summed E-state index contributed by atoms with van der Waals surface area (Å²) in [6, 6.07) is 8.35. The molecule has 0 fully saturated rings. The van der Waals surface area contributed by atoms with Crippen LogP contribution < -0.4 is 0 Å². The van der Waals surface area contributed by atoms with E-state index in [2.05, 4.69) is 9.97 Å². The van der Waals surface area contributed by atoms with Crippen LogP contribution in [0.25, 0.3) is 11.2 Å². The molecule has 112 valence electrons. The maximum Gasteiger partial charge on any atom is 0.354 e. The van der Waals surface area contributed by atoms with Crippen molar-refractivity contribution in [2.45, 2.75) is 13.5 Å². The van der Waals surface area contributed by atoms with Crippen molar-refractivity contribution in [1.29, 1.82) is 0 Å². The largest absolute Gasteiger partial charge is 0.477 e. The van der Waals surface area contributed by atoms with Crippen LogP contribution in [0, 0.1) is 6.92 Å². The first-order chi connectivity index (χ1) is 10.5. The number of aromatic carboxylic acids is 1. The number of hydrogen-bond donors (Lipinski definition) is 1. The van der Waals surface area contributed by atoms with Crippen molar-refractivity contribution >= 4 is 40.3 Å². The molecule has 0 saturated carbocycles. The van der Waals surface area contributed by atoms with Gasteiger partial charge in [-0.3, -0.25) is 0 Å². The van der Waals surface area contributed by atoms with E-state index in [1.165, 1.54) is 6.07 Å². The van der Waals surface area contributed by atoms with E-state index in [9.17, 15) is 4.79 Å². The molecule has 0 atom stereocenters. The monoisotopic (exact) mass is 335 g/mol. The minimum absolute atomic E-state index is 0.0177. The number of fused-ring (bicyclic) bond motifs is 1. The number of carboxylic acids is 1. The number of hydrogen-bond acceptors (Lipinski definition) is 3. The van der Waals surface area contributed by atoms with Gasteiger partial charge in [-0.1, -0.05) is 29.3 Å². The van der Waals surface area contributed by atoms with Gasteiger partial charge in [-0.15, -0.1) is 0 Å². The van der Waals surface area contributed by atoms with Crippen LogP contribution in [0.4, 0.5) is 0 Å². The van der Waals surface area contributed by atoms with Crippen LogP contribution >= 0.6 is 23.2 Å². The first-order valence-corrected chi connectivity index (χ1v) is 7.22. The van der Waals surface area contributed by atoms with E-state index in [0.717, 1.165) is 11.4 Å². The highest BCUT2D eigenvalue weighted by molar-refractivity contribution is 6.35. The number of rotatable bonds is 3. The lowest BCUT2D eigenvalue weighted by Gasteiger charge is -2.09. The normalized spacial score (nSPS) is 11.0. The zero-order valence-corrected chi connectivity index (χ0v) is 13.1. The minimum atomic E-state index is -1.07. The van der Waals surface area contributed by atoms with Crippen LogP contribution in [0.15, 0.2) is 30.3 Å². The molecular formula is C15H11Cl2N3O2. The molecule has 0 unspecified atom stereocenters. The molecule has 0 aliphatic rings. The molecule has 7 heteroatoms. The Morgan fingerprint density at radius 2 is 2.00 bits per heavy atom. The standard InChI is InChI=1S/C15H11Cl2N3O2/c1-8-18-12-4-5-13(15(21)22)19-14(12)20(8)7-9-2-3-10(16)6-11(9)17/h2-6H,7H2,1H3,(H,21,22). The lowest BCUT2D eigenvalue weighted by atomic mass is 10.2. The fraction of sp³-hybridized carbons (Fsp3) is 0.133. The first kappa shape index (κ1) is 14.8. The Morgan fingerprint density at radius 3 is 2.68 bits per heavy atom.